The number of hydrogen-bond donors (Lipinski definition) is 1. The van der Waals surface area contributed by atoms with Crippen LogP contribution in [0.3, 0.4) is 0 Å². The fourth-order valence-electron chi connectivity index (χ4n) is 3.14. The van der Waals surface area contributed by atoms with Gasteiger partial charge in [0.05, 0.1) is 12.5 Å². The van der Waals surface area contributed by atoms with Crippen LogP contribution in [0.25, 0.3) is 0 Å². The summed E-state index contributed by atoms with van der Waals surface area (Å²) in [7, 11) is 0. The third-order valence-corrected chi connectivity index (χ3v) is 4.35. The molecule has 3 nitrogen and oxygen atoms in total. The first-order valence-corrected chi connectivity index (χ1v) is 7.67. The van der Waals surface area contributed by atoms with Crippen LogP contribution in [0.2, 0.25) is 0 Å². The molecule has 0 spiro atoms. The highest BCUT2D eigenvalue weighted by atomic mass is 19.3. The van der Waals surface area contributed by atoms with Gasteiger partial charge in [-0.15, -0.1) is 0 Å². The van der Waals surface area contributed by atoms with Crippen LogP contribution in [0.5, 0.6) is 0 Å². The number of hydrogen-bond acceptors (Lipinski definition) is 2. The molecule has 2 N–H and O–H groups in total. The summed E-state index contributed by atoms with van der Waals surface area (Å²) in [6, 6.07) is 12.8. The Morgan fingerprint density at radius 1 is 1.21 bits per heavy atom. The van der Waals surface area contributed by atoms with Crippen molar-refractivity contribution in [3.05, 3.63) is 65.2 Å². The molecule has 1 aliphatic carbocycles. The third kappa shape index (κ3) is 2.96. The van der Waals surface area contributed by atoms with Crippen molar-refractivity contribution in [3.8, 4) is 0 Å². The van der Waals surface area contributed by atoms with Crippen molar-refractivity contribution in [2.45, 2.75) is 31.2 Å². The molecule has 0 radical (unpaired) electrons. The van der Waals surface area contributed by atoms with E-state index >= 15 is 0 Å². The van der Waals surface area contributed by atoms with E-state index in [1.807, 2.05) is 0 Å². The molecule has 0 saturated heterocycles. The molecule has 0 aromatic heterocycles. The minimum absolute atomic E-state index is 0.0940. The van der Waals surface area contributed by atoms with E-state index in [1.165, 1.54) is 12.1 Å². The number of rotatable bonds is 4. The molecule has 0 aliphatic heterocycles. The van der Waals surface area contributed by atoms with E-state index in [9.17, 15) is 18.1 Å². The summed E-state index contributed by atoms with van der Waals surface area (Å²) in [6.07, 6.45) is 0.496. The standard InChI is InChI=1S/C18H17F3N2O/c19-18(20,16-9-6-13-10-14(22)7-8-15(13)16)17(24)23(21)11-12-4-2-1-3-5-12/h1-5,7-8,10,16H,6,9,11,22H2. The summed E-state index contributed by atoms with van der Waals surface area (Å²) < 4.78 is 43.2. The van der Waals surface area contributed by atoms with Crippen LogP contribution in [-0.2, 0) is 17.8 Å². The summed E-state index contributed by atoms with van der Waals surface area (Å²) >= 11 is 0. The van der Waals surface area contributed by atoms with Gasteiger partial charge in [0.15, 0.2) is 0 Å². The van der Waals surface area contributed by atoms with E-state index in [1.54, 1.807) is 36.4 Å². The molecular formula is C18H17F3N2O. The van der Waals surface area contributed by atoms with Gasteiger partial charge in [0.2, 0.25) is 0 Å². The number of benzene rings is 2. The molecule has 1 amide bonds. The first-order chi connectivity index (χ1) is 11.4. The van der Waals surface area contributed by atoms with E-state index in [2.05, 4.69) is 0 Å². The molecule has 1 atom stereocenters. The van der Waals surface area contributed by atoms with Crippen LogP contribution >= 0.6 is 0 Å². The Labute approximate surface area is 137 Å². The number of halogens is 3. The number of carbonyl (C=O) groups excluding carboxylic acids is 1. The molecule has 126 valence electrons. The molecule has 0 heterocycles. The van der Waals surface area contributed by atoms with Gasteiger partial charge < -0.3 is 5.73 Å². The van der Waals surface area contributed by atoms with Crippen molar-refractivity contribution in [1.29, 1.82) is 0 Å². The summed E-state index contributed by atoms with van der Waals surface area (Å²) in [6.45, 7) is -0.503. The molecule has 0 saturated carbocycles. The molecule has 3 rings (SSSR count). The van der Waals surface area contributed by atoms with E-state index < -0.39 is 29.4 Å². The number of amides is 1. The van der Waals surface area contributed by atoms with Crippen molar-refractivity contribution in [2.75, 3.05) is 5.73 Å². The predicted octanol–water partition coefficient (Wildman–Crippen LogP) is 3.85. The zero-order valence-corrected chi connectivity index (χ0v) is 12.9. The maximum absolute atomic E-state index is 14.6. The molecular weight excluding hydrogens is 317 g/mol. The lowest BCUT2D eigenvalue weighted by Gasteiger charge is -2.25. The lowest BCUT2D eigenvalue weighted by atomic mass is 9.93. The molecule has 2 aromatic carbocycles. The Kier molecular flexibility index (Phi) is 4.22. The fraction of sp³-hybridized carbons (Fsp3) is 0.278. The minimum Gasteiger partial charge on any atom is -0.399 e. The van der Waals surface area contributed by atoms with E-state index in [0.717, 1.165) is 0 Å². The number of nitrogens with zero attached hydrogens (tertiary/aromatic N) is 1. The van der Waals surface area contributed by atoms with Crippen LogP contribution in [0, 0.1) is 0 Å². The smallest absolute Gasteiger partial charge is 0.333 e. The SMILES string of the molecule is Nc1ccc2c(c1)CCC2C(F)(F)C(=O)N(F)Cc1ccccc1. The van der Waals surface area contributed by atoms with Gasteiger partial charge in [0.1, 0.15) is 0 Å². The Balaban J connectivity index is 1.79. The Hall–Kier alpha value is -2.50. The number of aryl methyl sites for hydroxylation is 1. The summed E-state index contributed by atoms with van der Waals surface area (Å²) in [4.78, 5) is 12.0. The fourth-order valence-corrected chi connectivity index (χ4v) is 3.14. The van der Waals surface area contributed by atoms with Crippen LogP contribution in [-0.4, -0.2) is 17.0 Å². The quantitative estimate of drug-likeness (QED) is 0.682. The van der Waals surface area contributed by atoms with Crippen LogP contribution in [0.15, 0.2) is 48.5 Å². The highest BCUT2D eigenvalue weighted by molar-refractivity contribution is 5.84. The maximum Gasteiger partial charge on any atom is 0.333 e. The summed E-state index contributed by atoms with van der Waals surface area (Å²) in [5.74, 6) is -6.93. The van der Waals surface area contributed by atoms with Crippen LogP contribution < -0.4 is 5.73 Å². The highest BCUT2D eigenvalue weighted by Crippen LogP contribution is 2.45. The first-order valence-electron chi connectivity index (χ1n) is 7.67. The van der Waals surface area contributed by atoms with Gasteiger partial charge in [-0.1, -0.05) is 40.9 Å². The van der Waals surface area contributed by atoms with E-state index in [-0.39, 0.29) is 6.42 Å². The molecule has 24 heavy (non-hydrogen) atoms. The number of anilines is 1. The molecule has 0 bridgehead atoms. The molecule has 1 unspecified atom stereocenters. The number of fused-ring (bicyclic) bond motifs is 1. The number of carbonyl (C=O) groups is 1. The Morgan fingerprint density at radius 2 is 1.92 bits per heavy atom. The third-order valence-electron chi connectivity index (χ3n) is 4.35. The average molecular weight is 334 g/mol. The zero-order valence-electron chi connectivity index (χ0n) is 12.9. The number of nitrogens with two attached hydrogens (primary N) is 1. The van der Waals surface area contributed by atoms with Gasteiger partial charge >= 0.3 is 11.8 Å². The van der Waals surface area contributed by atoms with Gasteiger partial charge in [-0.2, -0.15) is 13.9 Å². The molecule has 1 aliphatic rings. The van der Waals surface area contributed by atoms with E-state index in [4.69, 9.17) is 5.73 Å². The predicted molar refractivity (Wildman–Crippen MR) is 85.0 cm³/mol. The van der Waals surface area contributed by atoms with Gasteiger partial charge in [0.25, 0.3) is 0 Å². The first kappa shape index (κ1) is 16.4. The maximum atomic E-state index is 14.6. The lowest BCUT2D eigenvalue weighted by Crippen LogP contribution is -2.42. The minimum atomic E-state index is -3.80. The van der Waals surface area contributed by atoms with Crippen molar-refractivity contribution in [3.63, 3.8) is 0 Å². The second-order valence-corrected chi connectivity index (χ2v) is 5.98. The normalized spacial score (nSPS) is 16.7. The van der Waals surface area contributed by atoms with Crippen molar-refractivity contribution < 1.29 is 18.1 Å². The Morgan fingerprint density at radius 3 is 2.62 bits per heavy atom. The monoisotopic (exact) mass is 334 g/mol. The summed E-state index contributed by atoms with van der Waals surface area (Å²) in [5.41, 5.74) is 7.66. The highest BCUT2D eigenvalue weighted by Gasteiger charge is 2.52. The topological polar surface area (TPSA) is 46.3 Å². The Bertz CT molecular complexity index is 749. The van der Waals surface area contributed by atoms with Gasteiger partial charge in [0, 0.05) is 5.69 Å². The van der Waals surface area contributed by atoms with Gasteiger partial charge in [-0.3, -0.25) is 4.79 Å². The largest absolute Gasteiger partial charge is 0.399 e. The van der Waals surface area contributed by atoms with Crippen molar-refractivity contribution in [1.82, 2.24) is 5.12 Å². The molecule has 0 fully saturated rings. The molecule has 6 heteroatoms. The zero-order chi connectivity index (χ0) is 17.3. The second-order valence-electron chi connectivity index (χ2n) is 5.98. The van der Waals surface area contributed by atoms with Crippen LogP contribution in [0.4, 0.5) is 18.9 Å². The van der Waals surface area contributed by atoms with Crippen LogP contribution in [0.1, 0.15) is 29.0 Å². The van der Waals surface area contributed by atoms with Crippen molar-refractivity contribution in [2.24, 2.45) is 0 Å². The second kappa shape index (κ2) is 6.19. The summed E-state index contributed by atoms with van der Waals surface area (Å²) in [5, 5.41) is -0.398. The molecule has 2 aromatic rings. The van der Waals surface area contributed by atoms with Crippen molar-refractivity contribution >= 4 is 11.6 Å². The number of alkyl halides is 2. The van der Waals surface area contributed by atoms with Gasteiger partial charge in [-0.25, -0.2) is 0 Å². The van der Waals surface area contributed by atoms with E-state index in [0.29, 0.717) is 28.8 Å². The average Bonchev–Trinajstić information content (AvgIpc) is 2.98. The van der Waals surface area contributed by atoms with Gasteiger partial charge in [-0.05, 0) is 41.7 Å². The lowest BCUT2D eigenvalue weighted by molar-refractivity contribution is -0.178. The number of nitrogen functional groups attached to an aromatic ring is 1.